The standard InChI is InChI=1S/C12H16N4O/c1-2-7-16-11(8-14-15-16)12(17)9-3-5-10(13)6-4-9/h3-6,8,12,17H,2,7,13H2,1H3. The van der Waals surface area contributed by atoms with Gasteiger partial charge in [0.25, 0.3) is 0 Å². The quantitative estimate of drug-likeness (QED) is 0.780. The summed E-state index contributed by atoms with van der Waals surface area (Å²) < 4.78 is 1.72. The number of nitrogens with two attached hydrogens (primary N) is 1. The molecule has 5 nitrogen and oxygen atoms in total. The number of nitrogens with zero attached hydrogens (tertiary/aromatic N) is 3. The van der Waals surface area contributed by atoms with Crippen LogP contribution in [0.1, 0.15) is 30.7 Å². The molecule has 0 bridgehead atoms. The summed E-state index contributed by atoms with van der Waals surface area (Å²) in [5, 5.41) is 18.0. The molecule has 2 aromatic rings. The zero-order chi connectivity index (χ0) is 12.3. The topological polar surface area (TPSA) is 77.0 Å². The van der Waals surface area contributed by atoms with Crippen LogP contribution in [-0.2, 0) is 6.54 Å². The third kappa shape index (κ3) is 2.45. The molecular weight excluding hydrogens is 216 g/mol. The van der Waals surface area contributed by atoms with Crippen molar-refractivity contribution in [3.63, 3.8) is 0 Å². The van der Waals surface area contributed by atoms with Gasteiger partial charge >= 0.3 is 0 Å². The summed E-state index contributed by atoms with van der Waals surface area (Å²) in [7, 11) is 0. The summed E-state index contributed by atoms with van der Waals surface area (Å²) in [6.07, 6.45) is 1.83. The highest BCUT2D eigenvalue weighted by atomic mass is 16.3. The summed E-state index contributed by atoms with van der Waals surface area (Å²) in [6, 6.07) is 7.16. The Morgan fingerprint density at radius 2 is 2.06 bits per heavy atom. The summed E-state index contributed by atoms with van der Waals surface area (Å²) >= 11 is 0. The average molecular weight is 232 g/mol. The lowest BCUT2D eigenvalue weighted by atomic mass is 10.1. The number of hydrogen-bond acceptors (Lipinski definition) is 4. The third-order valence-corrected chi connectivity index (χ3v) is 2.62. The number of aromatic nitrogens is 3. The van der Waals surface area contributed by atoms with E-state index in [0.29, 0.717) is 11.4 Å². The third-order valence-electron chi connectivity index (χ3n) is 2.62. The molecule has 5 heteroatoms. The van der Waals surface area contributed by atoms with Crippen molar-refractivity contribution in [1.29, 1.82) is 0 Å². The van der Waals surface area contributed by atoms with Crippen LogP contribution in [0.5, 0.6) is 0 Å². The highest BCUT2D eigenvalue weighted by Crippen LogP contribution is 2.21. The minimum Gasteiger partial charge on any atom is -0.399 e. The largest absolute Gasteiger partial charge is 0.399 e. The first-order valence-electron chi connectivity index (χ1n) is 5.64. The van der Waals surface area contributed by atoms with Crippen LogP contribution in [-0.4, -0.2) is 20.1 Å². The van der Waals surface area contributed by atoms with Crippen LogP contribution in [0.15, 0.2) is 30.5 Å². The maximum Gasteiger partial charge on any atom is 0.122 e. The summed E-state index contributed by atoms with van der Waals surface area (Å²) in [4.78, 5) is 0. The van der Waals surface area contributed by atoms with Gasteiger partial charge < -0.3 is 10.8 Å². The highest BCUT2D eigenvalue weighted by molar-refractivity contribution is 5.40. The molecule has 1 unspecified atom stereocenters. The van der Waals surface area contributed by atoms with Crippen molar-refractivity contribution in [2.45, 2.75) is 26.0 Å². The molecule has 1 atom stereocenters. The molecule has 1 heterocycles. The van der Waals surface area contributed by atoms with Gasteiger partial charge in [-0.3, -0.25) is 0 Å². The van der Waals surface area contributed by atoms with Gasteiger partial charge in [-0.1, -0.05) is 24.3 Å². The van der Waals surface area contributed by atoms with Crippen molar-refractivity contribution in [3.8, 4) is 0 Å². The normalized spacial score (nSPS) is 12.6. The number of hydrogen-bond donors (Lipinski definition) is 2. The first kappa shape index (κ1) is 11.6. The molecule has 0 aliphatic rings. The lowest BCUT2D eigenvalue weighted by Crippen LogP contribution is -2.10. The van der Waals surface area contributed by atoms with Gasteiger partial charge in [0, 0.05) is 12.2 Å². The highest BCUT2D eigenvalue weighted by Gasteiger charge is 2.15. The van der Waals surface area contributed by atoms with Crippen LogP contribution in [0, 0.1) is 0 Å². The molecule has 1 aromatic heterocycles. The number of aryl methyl sites for hydroxylation is 1. The van der Waals surface area contributed by atoms with E-state index in [0.717, 1.165) is 18.5 Å². The van der Waals surface area contributed by atoms with E-state index in [9.17, 15) is 5.11 Å². The van der Waals surface area contributed by atoms with Crippen LogP contribution >= 0.6 is 0 Å². The van der Waals surface area contributed by atoms with Gasteiger partial charge in [-0.15, -0.1) is 5.10 Å². The van der Waals surface area contributed by atoms with Crippen molar-refractivity contribution < 1.29 is 5.11 Å². The summed E-state index contributed by atoms with van der Waals surface area (Å²) in [6.45, 7) is 2.81. The molecular formula is C12H16N4O. The van der Waals surface area contributed by atoms with Gasteiger partial charge in [0.1, 0.15) is 6.10 Å². The molecule has 0 aliphatic heterocycles. The second-order valence-electron chi connectivity index (χ2n) is 3.95. The number of aliphatic hydroxyl groups excluding tert-OH is 1. The van der Waals surface area contributed by atoms with E-state index in [4.69, 9.17) is 5.73 Å². The molecule has 90 valence electrons. The monoisotopic (exact) mass is 232 g/mol. The average Bonchev–Trinajstić information content (AvgIpc) is 2.78. The van der Waals surface area contributed by atoms with Crippen LogP contribution in [0.2, 0.25) is 0 Å². The predicted octanol–water partition coefficient (Wildman–Crippen LogP) is 1.35. The van der Waals surface area contributed by atoms with Crippen molar-refractivity contribution >= 4 is 5.69 Å². The predicted molar refractivity (Wildman–Crippen MR) is 65.2 cm³/mol. The van der Waals surface area contributed by atoms with E-state index in [1.807, 2.05) is 12.1 Å². The molecule has 0 amide bonds. The molecule has 0 aliphatic carbocycles. The summed E-state index contributed by atoms with van der Waals surface area (Å²) in [5.41, 5.74) is 7.79. The van der Waals surface area contributed by atoms with E-state index in [1.54, 1.807) is 23.0 Å². The van der Waals surface area contributed by atoms with E-state index in [-0.39, 0.29) is 0 Å². The second kappa shape index (κ2) is 4.97. The van der Waals surface area contributed by atoms with Crippen LogP contribution in [0.4, 0.5) is 5.69 Å². The van der Waals surface area contributed by atoms with Crippen molar-refractivity contribution in [3.05, 3.63) is 41.7 Å². The fraction of sp³-hybridized carbons (Fsp3) is 0.333. The minimum absolute atomic E-state index is 0.682. The molecule has 0 fully saturated rings. The van der Waals surface area contributed by atoms with Gasteiger partial charge in [-0.2, -0.15) is 0 Å². The van der Waals surface area contributed by atoms with E-state index >= 15 is 0 Å². The van der Waals surface area contributed by atoms with E-state index in [1.165, 1.54) is 0 Å². The Bertz CT molecular complexity index is 478. The van der Waals surface area contributed by atoms with Gasteiger partial charge in [0.2, 0.25) is 0 Å². The van der Waals surface area contributed by atoms with Crippen LogP contribution in [0.25, 0.3) is 0 Å². The zero-order valence-electron chi connectivity index (χ0n) is 9.74. The SMILES string of the molecule is CCCn1nncc1C(O)c1ccc(N)cc1. The van der Waals surface area contributed by atoms with Crippen LogP contribution < -0.4 is 5.73 Å². The van der Waals surface area contributed by atoms with E-state index in [2.05, 4.69) is 17.2 Å². The molecule has 1 aromatic carbocycles. The van der Waals surface area contributed by atoms with E-state index < -0.39 is 6.10 Å². The number of aliphatic hydroxyl groups is 1. The number of rotatable bonds is 4. The fourth-order valence-electron chi connectivity index (χ4n) is 1.71. The first-order valence-corrected chi connectivity index (χ1v) is 5.64. The number of nitrogen functional groups attached to an aromatic ring is 1. The van der Waals surface area contributed by atoms with Crippen molar-refractivity contribution in [2.75, 3.05) is 5.73 Å². The lowest BCUT2D eigenvalue weighted by Gasteiger charge is -2.12. The fourth-order valence-corrected chi connectivity index (χ4v) is 1.71. The van der Waals surface area contributed by atoms with Crippen molar-refractivity contribution in [2.24, 2.45) is 0 Å². The Hall–Kier alpha value is -1.88. The Morgan fingerprint density at radius 1 is 1.35 bits per heavy atom. The Kier molecular flexibility index (Phi) is 3.39. The Morgan fingerprint density at radius 3 is 2.71 bits per heavy atom. The minimum atomic E-state index is -0.711. The van der Waals surface area contributed by atoms with Gasteiger partial charge in [-0.05, 0) is 24.1 Å². The molecule has 17 heavy (non-hydrogen) atoms. The molecule has 2 rings (SSSR count). The molecule has 0 saturated heterocycles. The Labute approximate surface area is 99.9 Å². The van der Waals surface area contributed by atoms with Crippen molar-refractivity contribution in [1.82, 2.24) is 15.0 Å². The van der Waals surface area contributed by atoms with Crippen LogP contribution in [0.3, 0.4) is 0 Å². The zero-order valence-corrected chi connectivity index (χ0v) is 9.74. The number of anilines is 1. The maximum atomic E-state index is 10.2. The second-order valence-corrected chi connectivity index (χ2v) is 3.95. The lowest BCUT2D eigenvalue weighted by molar-refractivity contribution is 0.207. The Balaban J connectivity index is 2.26. The maximum absolute atomic E-state index is 10.2. The molecule has 0 saturated carbocycles. The van der Waals surface area contributed by atoms with Gasteiger partial charge in [0.05, 0.1) is 11.9 Å². The smallest absolute Gasteiger partial charge is 0.122 e. The first-order chi connectivity index (χ1) is 8.22. The molecule has 0 radical (unpaired) electrons. The molecule has 3 N–H and O–H groups in total. The number of benzene rings is 1. The van der Waals surface area contributed by atoms with Gasteiger partial charge in [-0.25, -0.2) is 4.68 Å². The summed E-state index contributed by atoms with van der Waals surface area (Å²) in [5.74, 6) is 0. The molecule has 0 spiro atoms. The van der Waals surface area contributed by atoms with Gasteiger partial charge in [0.15, 0.2) is 0 Å².